The summed E-state index contributed by atoms with van der Waals surface area (Å²) in [6, 6.07) is 9.31. The molecule has 0 unspecified atom stereocenters. The van der Waals surface area contributed by atoms with Crippen LogP contribution in [0.3, 0.4) is 0 Å². The molecule has 10 heteroatoms. The Morgan fingerprint density at radius 2 is 1.84 bits per heavy atom. The molecule has 0 spiro atoms. The van der Waals surface area contributed by atoms with Crippen molar-refractivity contribution >= 4 is 29.5 Å². The zero-order valence-corrected chi connectivity index (χ0v) is 19.6. The van der Waals surface area contributed by atoms with Crippen LogP contribution in [0.4, 0.5) is 5.69 Å². The van der Waals surface area contributed by atoms with Crippen LogP contribution < -0.4 is 10.5 Å². The lowest BCUT2D eigenvalue weighted by Gasteiger charge is -2.35. The van der Waals surface area contributed by atoms with E-state index in [1.54, 1.807) is 6.20 Å². The predicted molar refractivity (Wildman–Crippen MR) is 127 cm³/mol. The number of aromatic nitrogens is 5. The monoisotopic (exact) mass is 471 g/mol. The molecule has 0 amide bonds. The molecule has 1 saturated heterocycles. The van der Waals surface area contributed by atoms with Gasteiger partial charge in [-0.15, -0.1) is 0 Å². The SMILES string of the molecule is CCn1c(C2CC2)nn(CN2CCN(c3cnn(-c4ccccc4)c(=O)c3Cl)CC2)c1=S. The van der Waals surface area contributed by atoms with Crippen LogP contribution in [-0.4, -0.2) is 55.2 Å². The van der Waals surface area contributed by atoms with Crippen molar-refractivity contribution in [2.75, 3.05) is 31.1 Å². The molecule has 3 heterocycles. The highest BCUT2D eigenvalue weighted by Gasteiger charge is 2.30. The highest BCUT2D eigenvalue weighted by molar-refractivity contribution is 7.71. The van der Waals surface area contributed by atoms with Crippen molar-refractivity contribution < 1.29 is 0 Å². The maximum atomic E-state index is 12.8. The van der Waals surface area contributed by atoms with Gasteiger partial charge in [-0.05, 0) is 44.1 Å². The molecule has 2 fully saturated rings. The predicted octanol–water partition coefficient (Wildman–Crippen LogP) is 3.29. The highest BCUT2D eigenvalue weighted by atomic mass is 35.5. The van der Waals surface area contributed by atoms with E-state index in [4.69, 9.17) is 28.9 Å². The Morgan fingerprint density at radius 1 is 1.12 bits per heavy atom. The van der Waals surface area contributed by atoms with Gasteiger partial charge in [-0.25, -0.2) is 4.68 Å². The summed E-state index contributed by atoms with van der Waals surface area (Å²) in [5, 5.41) is 9.39. The molecule has 0 N–H and O–H groups in total. The first-order valence-corrected chi connectivity index (χ1v) is 11.8. The van der Waals surface area contributed by atoms with E-state index < -0.39 is 0 Å². The van der Waals surface area contributed by atoms with Gasteiger partial charge >= 0.3 is 0 Å². The molecule has 2 aromatic heterocycles. The van der Waals surface area contributed by atoms with Gasteiger partial charge in [0.25, 0.3) is 5.56 Å². The minimum atomic E-state index is -0.304. The maximum Gasteiger partial charge on any atom is 0.292 e. The molecule has 8 nitrogen and oxygen atoms in total. The van der Waals surface area contributed by atoms with E-state index in [-0.39, 0.29) is 10.6 Å². The Morgan fingerprint density at radius 3 is 2.50 bits per heavy atom. The molecule has 3 aromatic rings. The Kier molecular flexibility index (Phi) is 5.88. The van der Waals surface area contributed by atoms with Gasteiger partial charge in [0, 0.05) is 38.6 Å². The van der Waals surface area contributed by atoms with E-state index in [9.17, 15) is 4.79 Å². The van der Waals surface area contributed by atoms with E-state index in [1.807, 2.05) is 35.0 Å². The van der Waals surface area contributed by atoms with E-state index in [0.29, 0.717) is 24.0 Å². The van der Waals surface area contributed by atoms with E-state index >= 15 is 0 Å². The summed E-state index contributed by atoms with van der Waals surface area (Å²) in [4.78, 5) is 17.3. The van der Waals surface area contributed by atoms with Gasteiger partial charge in [0.05, 0.1) is 24.2 Å². The molecule has 2 aliphatic rings. The third kappa shape index (κ3) is 4.00. The summed E-state index contributed by atoms with van der Waals surface area (Å²) in [5.74, 6) is 1.70. The van der Waals surface area contributed by atoms with Crippen LogP contribution in [0.5, 0.6) is 0 Å². The fourth-order valence-electron chi connectivity index (χ4n) is 4.21. The molecule has 0 bridgehead atoms. The van der Waals surface area contributed by atoms with Crippen molar-refractivity contribution in [3.05, 3.63) is 62.5 Å². The van der Waals surface area contributed by atoms with Crippen LogP contribution in [0.2, 0.25) is 5.02 Å². The molecule has 1 aliphatic heterocycles. The summed E-state index contributed by atoms with van der Waals surface area (Å²) in [7, 11) is 0. The van der Waals surface area contributed by atoms with Crippen LogP contribution in [-0.2, 0) is 13.2 Å². The third-order valence-electron chi connectivity index (χ3n) is 6.16. The summed E-state index contributed by atoms with van der Waals surface area (Å²) in [6.07, 6.45) is 4.11. The highest BCUT2D eigenvalue weighted by Crippen LogP contribution is 2.39. The topological polar surface area (TPSA) is 64.1 Å². The number of benzene rings is 1. The number of halogens is 1. The van der Waals surface area contributed by atoms with Crippen molar-refractivity contribution in [2.45, 2.75) is 38.9 Å². The molecule has 0 atom stereocenters. The molecule has 168 valence electrons. The van der Waals surface area contributed by atoms with Crippen molar-refractivity contribution in [1.82, 2.24) is 29.0 Å². The number of anilines is 1. The van der Waals surface area contributed by atoms with Gasteiger partial charge in [-0.1, -0.05) is 29.8 Å². The number of para-hydroxylation sites is 1. The second-order valence-electron chi connectivity index (χ2n) is 8.30. The van der Waals surface area contributed by atoms with Gasteiger partial charge in [0.2, 0.25) is 0 Å². The van der Waals surface area contributed by atoms with Crippen LogP contribution in [0.1, 0.15) is 31.5 Å². The molecule has 1 saturated carbocycles. The summed E-state index contributed by atoms with van der Waals surface area (Å²) in [6.45, 7) is 6.84. The van der Waals surface area contributed by atoms with Gasteiger partial charge in [0.1, 0.15) is 10.8 Å². The van der Waals surface area contributed by atoms with E-state index in [1.165, 1.54) is 17.5 Å². The number of hydrogen-bond donors (Lipinski definition) is 0. The number of hydrogen-bond acceptors (Lipinski definition) is 6. The standard InChI is InChI=1S/C22H26ClN7OS/c1-2-28-20(16-8-9-16)25-29(22(28)32)15-26-10-12-27(13-11-26)18-14-24-30(21(31)19(18)23)17-6-4-3-5-7-17/h3-7,14,16H,2,8-13,15H2,1H3. The van der Waals surface area contributed by atoms with Crippen LogP contribution in [0, 0.1) is 4.77 Å². The van der Waals surface area contributed by atoms with Gasteiger partial charge in [-0.2, -0.15) is 14.9 Å². The average molecular weight is 472 g/mol. The first kappa shape index (κ1) is 21.4. The summed E-state index contributed by atoms with van der Waals surface area (Å²) in [5.41, 5.74) is 1.08. The minimum Gasteiger partial charge on any atom is -0.366 e. The molecular weight excluding hydrogens is 446 g/mol. The first-order valence-electron chi connectivity index (χ1n) is 11.0. The zero-order chi connectivity index (χ0) is 22.2. The Labute approximate surface area is 196 Å². The molecular formula is C22H26ClN7OS. The van der Waals surface area contributed by atoms with E-state index in [2.05, 4.69) is 26.4 Å². The van der Waals surface area contributed by atoms with Gasteiger partial charge < -0.3 is 9.47 Å². The Bertz CT molecular complexity index is 1220. The fraction of sp³-hybridized carbons (Fsp3) is 0.455. The lowest BCUT2D eigenvalue weighted by molar-refractivity contribution is 0.193. The lowest BCUT2D eigenvalue weighted by Crippen LogP contribution is -2.47. The fourth-order valence-corrected chi connectivity index (χ4v) is 4.78. The average Bonchev–Trinajstić information content (AvgIpc) is 3.62. The van der Waals surface area contributed by atoms with E-state index in [0.717, 1.165) is 43.3 Å². The summed E-state index contributed by atoms with van der Waals surface area (Å²) < 4.78 is 6.26. The van der Waals surface area contributed by atoms with Gasteiger partial charge in [0.15, 0.2) is 4.77 Å². The second kappa shape index (κ2) is 8.80. The number of nitrogens with zero attached hydrogens (tertiary/aromatic N) is 7. The van der Waals surface area contributed by atoms with Crippen LogP contribution in [0.15, 0.2) is 41.3 Å². The van der Waals surface area contributed by atoms with Crippen LogP contribution >= 0.6 is 23.8 Å². The third-order valence-corrected chi connectivity index (χ3v) is 6.94. The lowest BCUT2D eigenvalue weighted by atomic mass is 10.3. The van der Waals surface area contributed by atoms with Crippen molar-refractivity contribution in [3.8, 4) is 5.69 Å². The smallest absolute Gasteiger partial charge is 0.292 e. The largest absolute Gasteiger partial charge is 0.366 e. The number of piperazine rings is 1. The molecule has 32 heavy (non-hydrogen) atoms. The maximum absolute atomic E-state index is 12.8. The second-order valence-corrected chi connectivity index (χ2v) is 9.04. The molecule has 0 radical (unpaired) electrons. The van der Waals surface area contributed by atoms with Crippen molar-refractivity contribution in [3.63, 3.8) is 0 Å². The Hall–Kier alpha value is -2.49. The molecule has 1 aromatic carbocycles. The Balaban J connectivity index is 1.28. The van der Waals surface area contributed by atoms with Gasteiger partial charge in [-0.3, -0.25) is 9.69 Å². The molecule has 5 rings (SSSR count). The summed E-state index contributed by atoms with van der Waals surface area (Å²) >= 11 is 12.2. The normalized spacial score (nSPS) is 17.1. The first-order chi connectivity index (χ1) is 15.6. The van der Waals surface area contributed by atoms with Crippen LogP contribution in [0.25, 0.3) is 5.69 Å². The number of rotatable bonds is 6. The van der Waals surface area contributed by atoms with Crippen molar-refractivity contribution in [1.29, 1.82) is 0 Å². The van der Waals surface area contributed by atoms with Crippen molar-refractivity contribution in [2.24, 2.45) is 0 Å². The minimum absolute atomic E-state index is 0.204. The molecule has 1 aliphatic carbocycles. The quantitative estimate of drug-likeness (QED) is 0.514. The zero-order valence-electron chi connectivity index (χ0n) is 18.0.